The van der Waals surface area contributed by atoms with Crippen molar-refractivity contribution >= 4 is 17.3 Å². The fourth-order valence-corrected chi connectivity index (χ4v) is 3.77. The zero-order chi connectivity index (χ0) is 13.9. The van der Waals surface area contributed by atoms with Gasteiger partial charge in [-0.25, -0.2) is 4.79 Å². The van der Waals surface area contributed by atoms with E-state index in [9.17, 15) is 9.90 Å². The molecule has 0 bridgehead atoms. The highest BCUT2D eigenvalue weighted by Crippen LogP contribution is 2.34. The summed E-state index contributed by atoms with van der Waals surface area (Å²) < 4.78 is 5.27. The summed E-state index contributed by atoms with van der Waals surface area (Å²) in [5, 5.41) is 11.4. The van der Waals surface area contributed by atoms with E-state index in [-0.39, 0.29) is 0 Å². The molecule has 0 radical (unpaired) electrons. The van der Waals surface area contributed by atoms with Crippen LogP contribution in [0.1, 0.15) is 37.1 Å². The van der Waals surface area contributed by atoms with Crippen LogP contribution in [0.25, 0.3) is 0 Å². The number of aliphatic carboxylic acids is 1. The Morgan fingerprint density at radius 3 is 2.68 bits per heavy atom. The Kier molecular flexibility index (Phi) is 4.60. The van der Waals surface area contributed by atoms with E-state index in [1.54, 1.807) is 11.3 Å². The Morgan fingerprint density at radius 1 is 1.58 bits per heavy atom. The van der Waals surface area contributed by atoms with Gasteiger partial charge in [-0.2, -0.15) is 0 Å². The van der Waals surface area contributed by atoms with E-state index in [4.69, 9.17) is 4.74 Å². The third-order valence-corrected chi connectivity index (χ3v) is 5.06. The van der Waals surface area contributed by atoms with Crippen LogP contribution in [-0.4, -0.2) is 41.8 Å². The molecule has 1 atom stereocenters. The number of nitrogens with zero attached hydrogens (tertiary/aromatic N) is 1. The lowest BCUT2D eigenvalue weighted by Crippen LogP contribution is -2.51. The monoisotopic (exact) mass is 283 g/mol. The number of likely N-dealkylation sites (tertiary alicyclic amines) is 1. The molecule has 4 nitrogen and oxygen atoms in total. The minimum atomic E-state index is -0.982. The summed E-state index contributed by atoms with van der Waals surface area (Å²) in [7, 11) is 1.50. The molecule has 0 saturated carbocycles. The summed E-state index contributed by atoms with van der Waals surface area (Å²) in [6.45, 7) is 3.73. The maximum absolute atomic E-state index is 11.3. The van der Waals surface area contributed by atoms with Crippen molar-refractivity contribution in [2.45, 2.75) is 37.8 Å². The van der Waals surface area contributed by atoms with Gasteiger partial charge in [-0.05, 0) is 30.7 Å². The van der Waals surface area contributed by atoms with Crippen LogP contribution in [0, 0.1) is 0 Å². The van der Waals surface area contributed by atoms with Crippen LogP contribution in [0.3, 0.4) is 0 Å². The predicted molar refractivity (Wildman–Crippen MR) is 75.5 cm³/mol. The molecule has 1 unspecified atom stereocenters. The van der Waals surface area contributed by atoms with Crippen molar-refractivity contribution < 1.29 is 14.6 Å². The van der Waals surface area contributed by atoms with E-state index in [0.717, 1.165) is 19.5 Å². The number of carboxylic acids is 1. The molecule has 106 valence electrons. The molecule has 0 spiro atoms. The molecule has 1 aliphatic heterocycles. The van der Waals surface area contributed by atoms with Crippen molar-refractivity contribution in [3.05, 3.63) is 22.4 Å². The molecule has 5 heteroatoms. The maximum atomic E-state index is 11.3. The maximum Gasteiger partial charge on any atom is 0.336 e. The SMILES string of the molecule is CCC(c1cccs1)N1CCC(OC)(C(=O)O)CC1. The second kappa shape index (κ2) is 6.03. The minimum absolute atomic E-state index is 0.406. The van der Waals surface area contributed by atoms with Gasteiger partial charge < -0.3 is 9.84 Å². The number of carboxylic acid groups (broad SMARTS) is 1. The van der Waals surface area contributed by atoms with Gasteiger partial charge in [0.25, 0.3) is 0 Å². The summed E-state index contributed by atoms with van der Waals surface area (Å²) in [4.78, 5) is 15.1. The number of ether oxygens (including phenoxy) is 1. The molecule has 0 aromatic carbocycles. The van der Waals surface area contributed by atoms with Crippen molar-refractivity contribution in [3.8, 4) is 0 Å². The second-order valence-electron chi connectivity index (χ2n) is 4.98. The summed E-state index contributed by atoms with van der Waals surface area (Å²) in [5.41, 5.74) is -0.982. The Hall–Kier alpha value is -0.910. The zero-order valence-electron chi connectivity index (χ0n) is 11.5. The van der Waals surface area contributed by atoms with E-state index in [1.165, 1.54) is 12.0 Å². The molecular formula is C14H21NO3S. The Morgan fingerprint density at radius 2 is 2.26 bits per heavy atom. The molecule has 1 aliphatic rings. The van der Waals surface area contributed by atoms with Crippen LogP contribution < -0.4 is 0 Å². The van der Waals surface area contributed by atoms with Gasteiger partial charge in [0.2, 0.25) is 0 Å². The number of piperidine rings is 1. The van der Waals surface area contributed by atoms with Crippen LogP contribution in [0.15, 0.2) is 17.5 Å². The van der Waals surface area contributed by atoms with Crippen LogP contribution in [0.5, 0.6) is 0 Å². The van der Waals surface area contributed by atoms with Gasteiger partial charge in [0.05, 0.1) is 0 Å². The standard InChI is InChI=1S/C14H21NO3S/c1-3-11(12-5-4-10-19-12)15-8-6-14(18-2,7-9-15)13(16)17/h4-5,10-11H,3,6-9H2,1-2H3,(H,16,17). The summed E-state index contributed by atoms with van der Waals surface area (Å²) in [6, 6.07) is 4.64. The van der Waals surface area contributed by atoms with Gasteiger partial charge in [-0.1, -0.05) is 13.0 Å². The van der Waals surface area contributed by atoms with Crippen LogP contribution >= 0.6 is 11.3 Å². The largest absolute Gasteiger partial charge is 0.479 e. The van der Waals surface area contributed by atoms with E-state index in [1.807, 2.05) is 0 Å². The summed E-state index contributed by atoms with van der Waals surface area (Å²) in [6.07, 6.45) is 2.16. The third-order valence-electron chi connectivity index (χ3n) is 4.09. The van der Waals surface area contributed by atoms with Gasteiger partial charge in [0, 0.05) is 31.1 Å². The first-order chi connectivity index (χ1) is 9.13. The molecule has 19 heavy (non-hydrogen) atoms. The quantitative estimate of drug-likeness (QED) is 0.902. The fourth-order valence-electron chi connectivity index (χ4n) is 2.82. The molecular weight excluding hydrogens is 262 g/mol. The fraction of sp³-hybridized carbons (Fsp3) is 0.643. The van der Waals surface area contributed by atoms with Crippen molar-refractivity contribution in [1.29, 1.82) is 0 Å². The molecule has 2 rings (SSSR count). The Labute approximate surface area is 118 Å². The topological polar surface area (TPSA) is 49.8 Å². The zero-order valence-corrected chi connectivity index (χ0v) is 12.3. The molecule has 0 amide bonds. The molecule has 1 N–H and O–H groups in total. The molecule has 1 aromatic rings. The normalized spacial score (nSPS) is 21.2. The van der Waals surface area contributed by atoms with Gasteiger partial charge in [0.1, 0.15) is 0 Å². The number of hydrogen-bond donors (Lipinski definition) is 1. The summed E-state index contributed by atoms with van der Waals surface area (Å²) in [5.74, 6) is -0.834. The average molecular weight is 283 g/mol. The van der Waals surface area contributed by atoms with Crippen LogP contribution in [0.4, 0.5) is 0 Å². The smallest absolute Gasteiger partial charge is 0.336 e. The number of thiophene rings is 1. The van der Waals surface area contributed by atoms with Gasteiger partial charge in [-0.3, -0.25) is 4.90 Å². The van der Waals surface area contributed by atoms with Crippen molar-refractivity contribution in [1.82, 2.24) is 4.90 Å². The number of rotatable bonds is 5. The van der Waals surface area contributed by atoms with Crippen LogP contribution in [-0.2, 0) is 9.53 Å². The van der Waals surface area contributed by atoms with E-state index < -0.39 is 11.6 Å². The van der Waals surface area contributed by atoms with Gasteiger partial charge in [0.15, 0.2) is 5.60 Å². The number of methoxy groups -OCH3 is 1. The van der Waals surface area contributed by atoms with E-state index in [2.05, 4.69) is 29.3 Å². The number of carbonyl (C=O) groups is 1. The van der Waals surface area contributed by atoms with Gasteiger partial charge >= 0.3 is 5.97 Å². The highest BCUT2D eigenvalue weighted by molar-refractivity contribution is 7.10. The van der Waals surface area contributed by atoms with Crippen molar-refractivity contribution in [3.63, 3.8) is 0 Å². The Balaban J connectivity index is 2.04. The lowest BCUT2D eigenvalue weighted by atomic mass is 9.90. The van der Waals surface area contributed by atoms with Gasteiger partial charge in [-0.15, -0.1) is 11.3 Å². The average Bonchev–Trinajstić information content (AvgIpc) is 2.94. The highest BCUT2D eigenvalue weighted by Gasteiger charge is 2.42. The lowest BCUT2D eigenvalue weighted by molar-refractivity contribution is -0.169. The molecule has 1 saturated heterocycles. The Bertz CT molecular complexity index is 410. The second-order valence-corrected chi connectivity index (χ2v) is 5.96. The molecule has 1 fully saturated rings. The first-order valence-electron chi connectivity index (χ1n) is 6.69. The van der Waals surface area contributed by atoms with Crippen molar-refractivity contribution in [2.75, 3.05) is 20.2 Å². The lowest BCUT2D eigenvalue weighted by Gasteiger charge is -2.41. The van der Waals surface area contributed by atoms with Crippen LogP contribution in [0.2, 0.25) is 0 Å². The highest BCUT2D eigenvalue weighted by atomic mass is 32.1. The summed E-state index contributed by atoms with van der Waals surface area (Å²) >= 11 is 1.77. The van der Waals surface area contributed by atoms with E-state index in [0.29, 0.717) is 18.9 Å². The van der Waals surface area contributed by atoms with Crippen molar-refractivity contribution in [2.24, 2.45) is 0 Å². The number of hydrogen-bond acceptors (Lipinski definition) is 4. The first kappa shape index (κ1) is 14.5. The molecule has 1 aromatic heterocycles. The predicted octanol–water partition coefficient (Wildman–Crippen LogP) is 2.76. The van der Waals surface area contributed by atoms with E-state index >= 15 is 0 Å². The molecule has 0 aliphatic carbocycles. The first-order valence-corrected chi connectivity index (χ1v) is 7.57. The molecule has 2 heterocycles. The minimum Gasteiger partial charge on any atom is -0.479 e. The third kappa shape index (κ3) is 2.83.